The number of rotatable bonds is 6. The molecule has 5 nitrogen and oxygen atoms in total. The summed E-state index contributed by atoms with van der Waals surface area (Å²) < 4.78 is 11.0. The fourth-order valence-corrected chi connectivity index (χ4v) is 4.22. The average molecular weight is 398 g/mol. The monoisotopic (exact) mass is 397 g/mol. The Morgan fingerprint density at radius 2 is 1.93 bits per heavy atom. The highest BCUT2D eigenvalue weighted by molar-refractivity contribution is 7.98. The number of aryl methyl sites for hydroxylation is 1. The van der Waals surface area contributed by atoms with Crippen LogP contribution in [0.5, 0.6) is 0 Å². The first kappa shape index (κ1) is 18.0. The number of furan rings is 1. The van der Waals surface area contributed by atoms with E-state index in [1.807, 2.05) is 13.0 Å². The highest BCUT2D eigenvalue weighted by atomic mass is 32.2. The van der Waals surface area contributed by atoms with Crippen LogP contribution in [0.4, 0.5) is 0 Å². The minimum Gasteiger partial charge on any atom is -0.469 e. The average Bonchev–Trinajstić information content (AvgIpc) is 3.40. The molecular weight excluding hydrogens is 378 g/mol. The molecule has 0 radical (unpaired) electrons. The maximum Gasteiger partial charge on any atom is 0.277 e. The Labute approximate surface area is 165 Å². The second-order valence-electron chi connectivity index (χ2n) is 6.47. The van der Waals surface area contributed by atoms with E-state index in [0.29, 0.717) is 22.8 Å². The molecule has 0 saturated carbocycles. The van der Waals surface area contributed by atoms with Gasteiger partial charge in [0.15, 0.2) is 0 Å². The van der Waals surface area contributed by atoms with Gasteiger partial charge >= 0.3 is 0 Å². The highest BCUT2D eigenvalue weighted by Crippen LogP contribution is 2.30. The lowest BCUT2D eigenvalue weighted by molar-refractivity contribution is 0.463. The molecular formula is C20H19N3O2S2. The fraction of sp³-hybridized carbons (Fsp3) is 0.250. The smallest absolute Gasteiger partial charge is 0.277 e. The molecule has 0 amide bonds. The molecule has 27 heavy (non-hydrogen) atoms. The number of aromatic nitrogens is 3. The van der Waals surface area contributed by atoms with Crippen LogP contribution in [0.2, 0.25) is 0 Å². The lowest BCUT2D eigenvalue weighted by atomic mass is 10.0. The lowest BCUT2D eigenvalue weighted by Crippen LogP contribution is -1.87. The molecule has 0 spiro atoms. The van der Waals surface area contributed by atoms with Gasteiger partial charge in [-0.3, -0.25) is 0 Å². The van der Waals surface area contributed by atoms with Crippen LogP contribution in [0.1, 0.15) is 36.8 Å². The van der Waals surface area contributed by atoms with Crippen molar-refractivity contribution in [1.29, 1.82) is 0 Å². The van der Waals surface area contributed by atoms with Crippen LogP contribution in [0, 0.1) is 6.92 Å². The van der Waals surface area contributed by atoms with Crippen molar-refractivity contribution in [3.05, 3.63) is 59.0 Å². The molecule has 1 aromatic carbocycles. The van der Waals surface area contributed by atoms with Gasteiger partial charge in [-0.25, -0.2) is 4.98 Å². The second kappa shape index (κ2) is 7.70. The summed E-state index contributed by atoms with van der Waals surface area (Å²) in [6.45, 7) is 6.27. The van der Waals surface area contributed by atoms with Crippen LogP contribution in [0.25, 0.3) is 22.0 Å². The molecule has 7 heteroatoms. The molecule has 0 aliphatic rings. The Morgan fingerprint density at radius 1 is 1.11 bits per heavy atom. The SMILES string of the molecule is Cc1occc1-c1nnc(SCc2csc(-c3ccc(C(C)C)cc3)n2)o1. The molecule has 0 fully saturated rings. The molecule has 3 aromatic heterocycles. The summed E-state index contributed by atoms with van der Waals surface area (Å²) in [5, 5.41) is 11.8. The quantitative estimate of drug-likeness (QED) is 0.362. The number of nitrogens with zero attached hydrogens (tertiary/aromatic N) is 3. The first-order valence-electron chi connectivity index (χ1n) is 8.65. The van der Waals surface area contributed by atoms with E-state index in [9.17, 15) is 0 Å². The molecule has 3 heterocycles. The summed E-state index contributed by atoms with van der Waals surface area (Å²) in [5.41, 5.74) is 4.32. The van der Waals surface area contributed by atoms with Crippen molar-refractivity contribution < 1.29 is 8.83 Å². The number of hydrogen-bond donors (Lipinski definition) is 0. The van der Waals surface area contributed by atoms with E-state index in [0.717, 1.165) is 27.6 Å². The van der Waals surface area contributed by atoms with Gasteiger partial charge in [0.05, 0.1) is 17.5 Å². The van der Waals surface area contributed by atoms with Crippen molar-refractivity contribution in [2.24, 2.45) is 0 Å². The summed E-state index contributed by atoms with van der Waals surface area (Å²) in [6, 6.07) is 10.5. The van der Waals surface area contributed by atoms with Crippen LogP contribution < -0.4 is 0 Å². The van der Waals surface area contributed by atoms with Crippen LogP contribution in [0.15, 0.2) is 56.0 Å². The van der Waals surface area contributed by atoms with Crippen molar-refractivity contribution in [3.63, 3.8) is 0 Å². The second-order valence-corrected chi connectivity index (χ2v) is 8.26. The highest BCUT2D eigenvalue weighted by Gasteiger charge is 2.14. The maximum atomic E-state index is 5.71. The molecule has 0 unspecified atom stereocenters. The third-order valence-electron chi connectivity index (χ3n) is 4.22. The van der Waals surface area contributed by atoms with Gasteiger partial charge in [-0.1, -0.05) is 49.9 Å². The summed E-state index contributed by atoms with van der Waals surface area (Å²) in [6.07, 6.45) is 1.62. The summed E-state index contributed by atoms with van der Waals surface area (Å²) in [5.74, 6) is 2.47. The molecule has 0 atom stereocenters. The van der Waals surface area contributed by atoms with Crippen LogP contribution >= 0.6 is 23.1 Å². The Bertz CT molecular complexity index is 1030. The van der Waals surface area contributed by atoms with E-state index in [-0.39, 0.29) is 0 Å². The Morgan fingerprint density at radius 3 is 2.63 bits per heavy atom. The van der Waals surface area contributed by atoms with Crippen LogP contribution in [-0.4, -0.2) is 15.2 Å². The van der Waals surface area contributed by atoms with Crippen molar-refractivity contribution >= 4 is 23.1 Å². The molecule has 138 valence electrons. The van der Waals surface area contributed by atoms with Crippen molar-refractivity contribution in [3.8, 4) is 22.0 Å². The third-order valence-corrected chi connectivity index (χ3v) is 6.01. The van der Waals surface area contributed by atoms with Gasteiger partial charge < -0.3 is 8.83 Å². The lowest BCUT2D eigenvalue weighted by Gasteiger charge is -2.05. The van der Waals surface area contributed by atoms with E-state index in [1.165, 1.54) is 17.3 Å². The largest absolute Gasteiger partial charge is 0.469 e. The summed E-state index contributed by atoms with van der Waals surface area (Å²) >= 11 is 3.14. The Hall–Kier alpha value is -2.38. The number of thioether (sulfide) groups is 1. The van der Waals surface area contributed by atoms with E-state index in [1.54, 1.807) is 17.6 Å². The van der Waals surface area contributed by atoms with Crippen molar-refractivity contribution in [2.75, 3.05) is 0 Å². The first-order valence-corrected chi connectivity index (χ1v) is 10.5. The molecule has 0 saturated heterocycles. The first-order chi connectivity index (χ1) is 13.1. The predicted molar refractivity (Wildman–Crippen MR) is 108 cm³/mol. The molecule has 4 aromatic rings. The topological polar surface area (TPSA) is 65.0 Å². The predicted octanol–water partition coefficient (Wildman–Crippen LogP) is 6.18. The molecule has 0 bridgehead atoms. The van der Waals surface area contributed by atoms with Gasteiger partial charge in [0.2, 0.25) is 0 Å². The Balaban J connectivity index is 1.41. The molecule has 4 rings (SSSR count). The van der Waals surface area contributed by atoms with Crippen LogP contribution in [-0.2, 0) is 5.75 Å². The minimum absolute atomic E-state index is 0.480. The Kier molecular flexibility index (Phi) is 5.13. The van der Waals surface area contributed by atoms with Gasteiger partial charge in [0.25, 0.3) is 11.1 Å². The number of hydrogen-bond acceptors (Lipinski definition) is 7. The van der Waals surface area contributed by atoms with Crippen molar-refractivity contribution in [2.45, 2.75) is 37.7 Å². The zero-order valence-electron chi connectivity index (χ0n) is 15.3. The molecule has 0 aliphatic heterocycles. The van der Waals surface area contributed by atoms with Gasteiger partial charge in [-0.15, -0.1) is 21.5 Å². The van der Waals surface area contributed by atoms with Gasteiger partial charge in [0.1, 0.15) is 10.8 Å². The van der Waals surface area contributed by atoms with E-state index >= 15 is 0 Å². The summed E-state index contributed by atoms with van der Waals surface area (Å²) in [7, 11) is 0. The molecule has 0 aliphatic carbocycles. The zero-order valence-corrected chi connectivity index (χ0v) is 16.9. The van der Waals surface area contributed by atoms with E-state index in [2.05, 4.69) is 53.7 Å². The minimum atomic E-state index is 0.480. The van der Waals surface area contributed by atoms with Crippen molar-refractivity contribution in [1.82, 2.24) is 15.2 Å². The molecule has 0 N–H and O–H groups in total. The third kappa shape index (κ3) is 3.99. The fourth-order valence-electron chi connectivity index (χ4n) is 2.64. The van der Waals surface area contributed by atoms with E-state index < -0.39 is 0 Å². The number of thiazole rings is 1. The summed E-state index contributed by atoms with van der Waals surface area (Å²) in [4.78, 5) is 4.73. The van der Waals surface area contributed by atoms with Gasteiger partial charge in [-0.2, -0.15) is 0 Å². The number of benzene rings is 1. The van der Waals surface area contributed by atoms with Crippen LogP contribution in [0.3, 0.4) is 0 Å². The van der Waals surface area contributed by atoms with Gasteiger partial charge in [0, 0.05) is 16.7 Å². The normalized spacial score (nSPS) is 11.4. The zero-order chi connectivity index (χ0) is 18.8. The van der Waals surface area contributed by atoms with E-state index in [4.69, 9.17) is 13.8 Å². The maximum absolute atomic E-state index is 5.71. The van der Waals surface area contributed by atoms with Gasteiger partial charge in [-0.05, 0) is 24.5 Å². The standard InChI is InChI=1S/C20H19N3O2S2/c1-12(2)14-4-6-15(7-5-14)19-21-16(10-26-19)11-27-20-23-22-18(25-20)17-8-9-24-13(17)3/h4-10,12H,11H2,1-3H3.